The molecule has 0 heterocycles. The van der Waals surface area contributed by atoms with Gasteiger partial charge in [-0.05, 0) is 45.5 Å². The van der Waals surface area contributed by atoms with Crippen LogP contribution in [0.25, 0.3) is 0 Å². The molecule has 0 atom stereocenters. The van der Waals surface area contributed by atoms with Gasteiger partial charge in [0.15, 0.2) is 0 Å². The molecule has 2 nitrogen and oxygen atoms in total. The average Bonchev–Trinajstić information content (AvgIpc) is 2.15. The third-order valence-electron chi connectivity index (χ3n) is 2.49. The van der Waals surface area contributed by atoms with E-state index in [0.717, 1.165) is 25.2 Å². The first-order valence-electron chi connectivity index (χ1n) is 6.05. The zero-order chi connectivity index (χ0) is 12.9. The molecule has 17 heavy (non-hydrogen) atoms. The van der Waals surface area contributed by atoms with Crippen LogP contribution in [0.3, 0.4) is 0 Å². The fourth-order valence-corrected chi connectivity index (χ4v) is 1.65. The molecule has 1 rings (SSSR count). The van der Waals surface area contributed by atoms with E-state index in [1.54, 1.807) is 12.1 Å². The van der Waals surface area contributed by atoms with E-state index in [0.29, 0.717) is 0 Å². The summed E-state index contributed by atoms with van der Waals surface area (Å²) in [4.78, 5) is 2.19. The Morgan fingerprint density at radius 3 is 2.59 bits per heavy atom. The van der Waals surface area contributed by atoms with Crippen LogP contribution < -0.4 is 5.32 Å². The molecule has 0 radical (unpaired) electrons. The number of hydrogen-bond donors (Lipinski definition) is 1. The molecule has 0 aliphatic carbocycles. The Labute approximate surface area is 104 Å². The van der Waals surface area contributed by atoms with Gasteiger partial charge in [0.1, 0.15) is 5.82 Å². The van der Waals surface area contributed by atoms with Crippen LogP contribution in [0.15, 0.2) is 24.3 Å². The van der Waals surface area contributed by atoms with E-state index in [4.69, 9.17) is 0 Å². The topological polar surface area (TPSA) is 15.3 Å². The molecule has 3 heteroatoms. The molecule has 0 unspecified atom stereocenters. The summed E-state index contributed by atoms with van der Waals surface area (Å²) in [5.74, 6) is -0.163. The first-order chi connectivity index (χ1) is 7.87. The SMILES string of the molecule is CN(CCNC(C)(C)C)Cc1cccc(F)c1. The number of benzene rings is 1. The molecular weight excluding hydrogens is 215 g/mol. The van der Waals surface area contributed by atoms with Gasteiger partial charge in [0, 0.05) is 25.2 Å². The fraction of sp³-hybridized carbons (Fsp3) is 0.571. The van der Waals surface area contributed by atoms with Gasteiger partial charge in [-0.15, -0.1) is 0 Å². The Balaban J connectivity index is 2.32. The lowest BCUT2D eigenvalue weighted by Gasteiger charge is -2.23. The zero-order valence-electron chi connectivity index (χ0n) is 11.3. The van der Waals surface area contributed by atoms with Crippen LogP contribution in [0.5, 0.6) is 0 Å². The summed E-state index contributed by atoms with van der Waals surface area (Å²) in [6, 6.07) is 6.78. The summed E-state index contributed by atoms with van der Waals surface area (Å²) in [6.07, 6.45) is 0. The highest BCUT2D eigenvalue weighted by molar-refractivity contribution is 5.15. The van der Waals surface area contributed by atoms with Crippen molar-refractivity contribution in [3.63, 3.8) is 0 Å². The predicted octanol–water partition coefficient (Wildman–Crippen LogP) is 2.65. The summed E-state index contributed by atoms with van der Waals surface area (Å²) in [6.45, 7) is 9.13. The standard InChI is InChI=1S/C14H23FN2/c1-14(2,3)16-8-9-17(4)11-12-6-5-7-13(15)10-12/h5-7,10,16H,8-9,11H2,1-4H3. The minimum Gasteiger partial charge on any atom is -0.311 e. The molecule has 0 aliphatic rings. The summed E-state index contributed by atoms with van der Waals surface area (Å²) in [5, 5.41) is 3.43. The van der Waals surface area contributed by atoms with E-state index in [1.165, 1.54) is 6.07 Å². The normalized spacial score (nSPS) is 12.1. The van der Waals surface area contributed by atoms with Crippen molar-refractivity contribution in [1.82, 2.24) is 10.2 Å². The second kappa shape index (κ2) is 6.12. The Hall–Kier alpha value is -0.930. The van der Waals surface area contributed by atoms with Crippen molar-refractivity contribution in [1.29, 1.82) is 0 Å². The molecule has 1 N–H and O–H groups in total. The van der Waals surface area contributed by atoms with E-state index in [-0.39, 0.29) is 11.4 Å². The predicted molar refractivity (Wildman–Crippen MR) is 70.5 cm³/mol. The van der Waals surface area contributed by atoms with Crippen LogP contribution in [0, 0.1) is 5.82 Å². The number of likely N-dealkylation sites (N-methyl/N-ethyl adjacent to an activating group) is 1. The van der Waals surface area contributed by atoms with Crippen LogP contribution in [0.4, 0.5) is 4.39 Å². The van der Waals surface area contributed by atoms with Crippen molar-refractivity contribution >= 4 is 0 Å². The van der Waals surface area contributed by atoms with Gasteiger partial charge in [-0.2, -0.15) is 0 Å². The van der Waals surface area contributed by atoms with E-state index >= 15 is 0 Å². The highest BCUT2D eigenvalue weighted by atomic mass is 19.1. The zero-order valence-corrected chi connectivity index (χ0v) is 11.3. The number of nitrogens with one attached hydrogen (secondary N) is 1. The molecule has 1 aromatic rings. The average molecular weight is 238 g/mol. The van der Waals surface area contributed by atoms with Gasteiger partial charge in [0.25, 0.3) is 0 Å². The second-order valence-electron chi connectivity index (χ2n) is 5.54. The fourth-order valence-electron chi connectivity index (χ4n) is 1.65. The maximum Gasteiger partial charge on any atom is 0.123 e. The van der Waals surface area contributed by atoms with Gasteiger partial charge in [0.05, 0.1) is 0 Å². The van der Waals surface area contributed by atoms with Crippen molar-refractivity contribution in [2.45, 2.75) is 32.9 Å². The Morgan fingerprint density at radius 1 is 1.29 bits per heavy atom. The highest BCUT2D eigenvalue weighted by Crippen LogP contribution is 2.06. The van der Waals surface area contributed by atoms with Gasteiger partial charge in [-0.1, -0.05) is 12.1 Å². The quantitative estimate of drug-likeness (QED) is 0.848. The lowest BCUT2D eigenvalue weighted by atomic mass is 10.1. The molecule has 0 bridgehead atoms. The number of halogens is 1. The maximum atomic E-state index is 13.0. The van der Waals surface area contributed by atoms with Crippen molar-refractivity contribution < 1.29 is 4.39 Å². The minimum atomic E-state index is -0.163. The van der Waals surface area contributed by atoms with E-state index in [1.807, 2.05) is 6.07 Å². The third-order valence-corrected chi connectivity index (χ3v) is 2.49. The molecular formula is C14H23FN2. The lowest BCUT2D eigenvalue weighted by Crippen LogP contribution is -2.40. The second-order valence-corrected chi connectivity index (χ2v) is 5.54. The smallest absolute Gasteiger partial charge is 0.123 e. The lowest BCUT2D eigenvalue weighted by molar-refractivity contribution is 0.303. The van der Waals surface area contributed by atoms with Gasteiger partial charge in [0.2, 0.25) is 0 Å². The number of rotatable bonds is 5. The number of nitrogens with zero attached hydrogens (tertiary/aromatic N) is 1. The first kappa shape index (κ1) is 14.1. The van der Waals surface area contributed by atoms with Crippen LogP contribution in [0.2, 0.25) is 0 Å². The van der Waals surface area contributed by atoms with Gasteiger partial charge < -0.3 is 10.2 Å². The molecule has 0 aromatic heterocycles. The summed E-state index contributed by atoms with van der Waals surface area (Å²) >= 11 is 0. The highest BCUT2D eigenvalue weighted by Gasteiger charge is 2.08. The number of hydrogen-bond acceptors (Lipinski definition) is 2. The van der Waals surface area contributed by atoms with Gasteiger partial charge >= 0.3 is 0 Å². The first-order valence-corrected chi connectivity index (χ1v) is 6.05. The van der Waals surface area contributed by atoms with E-state index < -0.39 is 0 Å². The van der Waals surface area contributed by atoms with Gasteiger partial charge in [-0.3, -0.25) is 0 Å². The van der Waals surface area contributed by atoms with Crippen LogP contribution in [-0.2, 0) is 6.54 Å². The molecule has 0 spiro atoms. The minimum absolute atomic E-state index is 0.152. The van der Waals surface area contributed by atoms with Gasteiger partial charge in [-0.25, -0.2) is 4.39 Å². The molecule has 0 aliphatic heterocycles. The maximum absolute atomic E-state index is 13.0. The third kappa shape index (κ3) is 6.39. The summed E-state index contributed by atoms with van der Waals surface area (Å²) in [7, 11) is 2.05. The van der Waals surface area contributed by atoms with E-state index in [2.05, 4.69) is 38.0 Å². The molecule has 0 amide bonds. The molecule has 0 saturated heterocycles. The molecule has 1 aromatic carbocycles. The van der Waals surface area contributed by atoms with E-state index in [9.17, 15) is 4.39 Å². The Morgan fingerprint density at radius 2 is 2.00 bits per heavy atom. The Kier molecular flexibility index (Phi) is 5.09. The molecule has 0 saturated carbocycles. The van der Waals surface area contributed by atoms with Crippen LogP contribution in [-0.4, -0.2) is 30.6 Å². The summed E-state index contributed by atoms with van der Waals surface area (Å²) in [5.41, 5.74) is 1.17. The largest absolute Gasteiger partial charge is 0.311 e. The summed E-state index contributed by atoms with van der Waals surface area (Å²) < 4.78 is 13.0. The van der Waals surface area contributed by atoms with Crippen molar-refractivity contribution in [2.75, 3.05) is 20.1 Å². The monoisotopic (exact) mass is 238 g/mol. The van der Waals surface area contributed by atoms with Crippen LogP contribution in [0.1, 0.15) is 26.3 Å². The molecule has 96 valence electrons. The molecule has 0 fully saturated rings. The van der Waals surface area contributed by atoms with Crippen LogP contribution >= 0.6 is 0 Å². The Bertz CT molecular complexity index is 344. The van der Waals surface area contributed by atoms with Crippen molar-refractivity contribution in [3.05, 3.63) is 35.6 Å². The van der Waals surface area contributed by atoms with Crippen molar-refractivity contribution in [2.24, 2.45) is 0 Å². The van der Waals surface area contributed by atoms with Crippen molar-refractivity contribution in [3.8, 4) is 0 Å².